The number of benzene rings is 1. The zero-order chi connectivity index (χ0) is 19.7. The van der Waals surface area contributed by atoms with Gasteiger partial charge in [-0.1, -0.05) is 0 Å². The van der Waals surface area contributed by atoms with E-state index < -0.39 is 0 Å². The van der Waals surface area contributed by atoms with Gasteiger partial charge in [-0.05, 0) is 50.5 Å². The Kier molecular flexibility index (Phi) is 4.84. The van der Waals surface area contributed by atoms with Gasteiger partial charge in [0.15, 0.2) is 5.65 Å². The first-order chi connectivity index (χ1) is 13.6. The summed E-state index contributed by atoms with van der Waals surface area (Å²) in [5.41, 5.74) is 3.69. The second-order valence-electron chi connectivity index (χ2n) is 6.91. The van der Waals surface area contributed by atoms with Gasteiger partial charge >= 0.3 is 5.69 Å². The molecule has 1 fully saturated rings. The van der Waals surface area contributed by atoms with Crippen molar-refractivity contribution >= 4 is 22.8 Å². The lowest BCUT2D eigenvalue weighted by Crippen LogP contribution is -2.30. The largest absolute Gasteiger partial charge is 0.381 e. The number of imidazole rings is 1. The molecule has 3 heterocycles. The number of rotatable bonds is 4. The fraction of sp³-hybridized carbons (Fsp3) is 0.400. The summed E-state index contributed by atoms with van der Waals surface area (Å²) in [5.74, 6) is 0.425. The van der Waals surface area contributed by atoms with E-state index in [-0.39, 0.29) is 11.7 Å². The van der Waals surface area contributed by atoms with Gasteiger partial charge in [-0.3, -0.25) is 9.13 Å². The molecule has 1 N–H and O–H groups in total. The smallest absolute Gasteiger partial charge is 0.330 e. The van der Waals surface area contributed by atoms with Crippen molar-refractivity contribution in [2.45, 2.75) is 39.3 Å². The first-order valence-electron chi connectivity index (χ1n) is 9.45. The number of aryl methyl sites for hydroxylation is 2. The first kappa shape index (κ1) is 18.2. The van der Waals surface area contributed by atoms with Gasteiger partial charge in [-0.2, -0.15) is 10.2 Å². The van der Waals surface area contributed by atoms with Gasteiger partial charge in [0.05, 0.1) is 17.8 Å². The van der Waals surface area contributed by atoms with Crippen molar-refractivity contribution in [1.82, 2.24) is 19.1 Å². The Morgan fingerprint density at radius 3 is 2.82 bits per heavy atom. The summed E-state index contributed by atoms with van der Waals surface area (Å²) in [4.78, 5) is 22.1. The number of nitrogens with zero attached hydrogens (tertiary/aromatic N) is 5. The Morgan fingerprint density at radius 2 is 2.14 bits per heavy atom. The molecule has 1 saturated heterocycles. The van der Waals surface area contributed by atoms with Crippen LogP contribution in [0.1, 0.15) is 36.9 Å². The average molecular weight is 378 g/mol. The van der Waals surface area contributed by atoms with Gasteiger partial charge < -0.3 is 10.1 Å². The maximum atomic E-state index is 13.0. The number of hydrogen-bond acceptors (Lipinski definition) is 6. The lowest BCUT2D eigenvalue weighted by atomic mass is 10.1. The van der Waals surface area contributed by atoms with E-state index in [0.29, 0.717) is 36.9 Å². The van der Waals surface area contributed by atoms with Crippen LogP contribution >= 0.6 is 0 Å². The number of nitriles is 1. The molecule has 8 heteroatoms. The third kappa shape index (κ3) is 3.14. The number of fused-ring (bicyclic) bond motifs is 1. The van der Waals surface area contributed by atoms with E-state index in [1.807, 2.05) is 26.0 Å². The van der Waals surface area contributed by atoms with Crippen LogP contribution in [0.5, 0.6) is 0 Å². The molecule has 0 bridgehead atoms. The molecule has 0 amide bonds. The Labute approximate surface area is 162 Å². The normalized spacial score (nSPS) is 14.9. The lowest BCUT2D eigenvalue weighted by Gasteiger charge is -2.22. The second kappa shape index (κ2) is 7.44. The van der Waals surface area contributed by atoms with Crippen molar-refractivity contribution in [1.29, 1.82) is 5.26 Å². The Morgan fingerprint density at radius 1 is 1.36 bits per heavy atom. The van der Waals surface area contributed by atoms with Crippen LogP contribution in [0.4, 0.5) is 11.6 Å². The van der Waals surface area contributed by atoms with Crippen molar-refractivity contribution in [3.05, 3.63) is 46.0 Å². The molecule has 0 spiro atoms. The number of aromatic nitrogens is 4. The summed E-state index contributed by atoms with van der Waals surface area (Å²) >= 11 is 0. The van der Waals surface area contributed by atoms with Gasteiger partial charge in [0.1, 0.15) is 5.52 Å². The van der Waals surface area contributed by atoms with Gasteiger partial charge in [-0.15, -0.1) is 0 Å². The number of ether oxygens (including phenoxy) is 1. The van der Waals surface area contributed by atoms with Gasteiger partial charge in [0, 0.05) is 31.5 Å². The number of hydrogen-bond donors (Lipinski definition) is 1. The molecule has 3 aromatic rings. The number of nitrogens with one attached hydrogen (secondary N) is 1. The monoisotopic (exact) mass is 378 g/mol. The molecule has 0 saturated carbocycles. The van der Waals surface area contributed by atoms with E-state index >= 15 is 0 Å². The highest BCUT2D eigenvalue weighted by molar-refractivity contribution is 5.73. The van der Waals surface area contributed by atoms with Crippen molar-refractivity contribution < 1.29 is 4.74 Å². The molecule has 8 nitrogen and oxygen atoms in total. The molecule has 0 radical (unpaired) electrons. The molecule has 0 unspecified atom stereocenters. The van der Waals surface area contributed by atoms with Crippen LogP contribution in [0, 0.1) is 18.3 Å². The van der Waals surface area contributed by atoms with Crippen LogP contribution in [0.3, 0.4) is 0 Å². The molecule has 0 atom stereocenters. The fourth-order valence-electron chi connectivity index (χ4n) is 3.69. The highest BCUT2D eigenvalue weighted by Crippen LogP contribution is 2.25. The maximum Gasteiger partial charge on any atom is 0.330 e. The quantitative estimate of drug-likeness (QED) is 0.750. The third-order valence-electron chi connectivity index (χ3n) is 5.18. The van der Waals surface area contributed by atoms with Crippen LogP contribution in [-0.4, -0.2) is 32.3 Å². The molecule has 1 aliphatic rings. The van der Waals surface area contributed by atoms with Crippen molar-refractivity contribution in [3.8, 4) is 6.07 Å². The Hall–Kier alpha value is -3.18. The van der Waals surface area contributed by atoms with Crippen LogP contribution in [0.15, 0.2) is 29.2 Å². The van der Waals surface area contributed by atoms with Crippen LogP contribution < -0.4 is 11.0 Å². The van der Waals surface area contributed by atoms with E-state index in [9.17, 15) is 4.79 Å². The second-order valence-corrected chi connectivity index (χ2v) is 6.91. The van der Waals surface area contributed by atoms with E-state index in [1.165, 1.54) is 0 Å². The highest BCUT2D eigenvalue weighted by atomic mass is 16.5. The topological polar surface area (TPSA) is 97.8 Å². The molecular formula is C20H22N6O2. The van der Waals surface area contributed by atoms with Crippen LogP contribution in [0.2, 0.25) is 0 Å². The average Bonchev–Trinajstić information content (AvgIpc) is 3.00. The van der Waals surface area contributed by atoms with Crippen molar-refractivity contribution in [2.24, 2.45) is 0 Å². The van der Waals surface area contributed by atoms with E-state index in [1.54, 1.807) is 21.4 Å². The van der Waals surface area contributed by atoms with Crippen LogP contribution in [0.25, 0.3) is 11.2 Å². The zero-order valence-electron chi connectivity index (χ0n) is 16.0. The van der Waals surface area contributed by atoms with Crippen LogP contribution in [-0.2, 0) is 11.3 Å². The summed E-state index contributed by atoms with van der Waals surface area (Å²) in [7, 11) is 0. The fourth-order valence-corrected chi connectivity index (χ4v) is 3.69. The predicted molar refractivity (Wildman–Crippen MR) is 106 cm³/mol. The van der Waals surface area contributed by atoms with Crippen molar-refractivity contribution in [3.63, 3.8) is 0 Å². The first-order valence-corrected chi connectivity index (χ1v) is 9.45. The molecule has 144 valence electrons. The number of anilines is 2. The molecule has 2 aromatic heterocycles. The van der Waals surface area contributed by atoms with E-state index in [2.05, 4.69) is 21.4 Å². The minimum absolute atomic E-state index is 0.0506. The minimum atomic E-state index is -0.0506. The van der Waals surface area contributed by atoms with Gasteiger partial charge in [0.2, 0.25) is 5.95 Å². The molecule has 0 aliphatic carbocycles. The molecule has 4 rings (SSSR count). The SMILES string of the molecule is CCn1c(=O)n(C2CCOCC2)c2nc(Nc3ccc(C#N)cc3C)ncc21. The Bertz CT molecular complexity index is 1120. The molecule has 1 aromatic carbocycles. The molecular weight excluding hydrogens is 356 g/mol. The van der Waals surface area contributed by atoms with E-state index in [0.717, 1.165) is 29.6 Å². The van der Waals surface area contributed by atoms with E-state index in [4.69, 9.17) is 10.00 Å². The van der Waals surface area contributed by atoms with Crippen molar-refractivity contribution in [2.75, 3.05) is 18.5 Å². The zero-order valence-corrected chi connectivity index (χ0v) is 16.0. The summed E-state index contributed by atoms with van der Waals surface area (Å²) in [5, 5.41) is 12.2. The highest BCUT2D eigenvalue weighted by Gasteiger charge is 2.24. The summed E-state index contributed by atoms with van der Waals surface area (Å²) in [6.45, 7) is 5.73. The predicted octanol–water partition coefficient (Wildman–Crippen LogP) is 2.89. The maximum absolute atomic E-state index is 13.0. The van der Waals surface area contributed by atoms with Gasteiger partial charge in [0.25, 0.3) is 0 Å². The summed E-state index contributed by atoms with van der Waals surface area (Å²) < 4.78 is 8.95. The van der Waals surface area contributed by atoms with Gasteiger partial charge in [-0.25, -0.2) is 9.78 Å². The molecule has 1 aliphatic heterocycles. The molecule has 28 heavy (non-hydrogen) atoms. The standard InChI is InChI=1S/C20H22N6O2/c1-3-25-17-12-22-19(23-16-5-4-14(11-21)10-13(16)2)24-18(17)26(20(25)27)15-6-8-28-9-7-15/h4-5,10,12,15H,3,6-9H2,1-2H3,(H,22,23,24). The third-order valence-corrected chi connectivity index (χ3v) is 5.18. The Balaban J connectivity index is 1.77. The summed E-state index contributed by atoms with van der Waals surface area (Å²) in [6.07, 6.45) is 3.29. The lowest BCUT2D eigenvalue weighted by molar-refractivity contribution is 0.0694. The minimum Gasteiger partial charge on any atom is -0.381 e. The summed E-state index contributed by atoms with van der Waals surface area (Å²) in [6, 6.07) is 7.61.